The molecular formula is C28H31N3O4S. The third-order valence-electron chi connectivity index (χ3n) is 6.37. The fraction of sp³-hybridized carbons (Fsp3) is 0.286. The average molecular weight is 506 g/mol. The van der Waals surface area contributed by atoms with E-state index in [1.807, 2.05) is 11.8 Å². The zero-order chi connectivity index (χ0) is 25.7. The molecular weight excluding hydrogens is 474 g/mol. The lowest BCUT2D eigenvalue weighted by Crippen LogP contribution is -2.32. The van der Waals surface area contributed by atoms with Gasteiger partial charge < -0.3 is 10.2 Å². The van der Waals surface area contributed by atoms with Gasteiger partial charge in [-0.1, -0.05) is 48.7 Å². The van der Waals surface area contributed by atoms with Crippen molar-refractivity contribution in [2.75, 3.05) is 23.1 Å². The highest BCUT2D eigenvalue weighted by atomic mass is 32.2. The van der Waals surface area contributed by atoms with Gasteiger partial charge in [0.15, 0.2) is 0 Å². The Morgan fingerprint density at radius 3 is 2.17 bits per heavy atom. The SMILES string of the molecule is Cc1ccc(S(=O)(=O)Nc2cc(C(=O)Nc3ccccc3C(=O)N3CCCCCC3)ccc2C)cc1. The van der Waals surface area contributed by atoms with Crippen molar-refractivity contribution in [3.8, 4) is 0 Å². The fourth-order valence-electron chi connectivity index (χ4n) is 4.21. The topological polar surface area (TPSA) is 95.6 Å². The Labute approximate surface area is 212 Å². The molecule has 0 aliphatic carbocycles. The molecule has 0 radical (unpaired) electrons. The van der Waals surface area contributed by atoms with Gasteiger partial charge in [-0.15, -0.1) is 0 Å². The van der Waals surface area contributed by atoms with Crippen LogP contribution >= 0.6 is 0 Å². The number of benzene rings is 3. The summed E-state index contributed by atoms with van der Waals surface area (Å²) < 4.78 is 28.3. The molecule has 2 amide bonds. The molecule has 7 nitrogen and oxygen atoms in total. The summed E-state index contributed by atoms with van der Waals surface area (Å²) >= 11 is 0. The van der Waals surface area contributed by atoms with Gasteiger partial charge in [-0.25, -0.2) is 8.42 Å². The molecule has 0 spiro atoms. The number of aryl methyl sites for hydroxylation is 2. The minimum absolute atomic E-state index is 0.0942. The summed E-state index contributed by atoms with van der Waals surface area (Å²) in [7, 11) is -3.82. The second-order valence-electron chi connectivity index (χ2n) is 9.15. The molecule has 0 unspecified atom stereocenters. The zero-order valence-corrected chi connectivity index (χ0v) is 21.4. The number of carbonyl (C=O) groups excluding carboxylic acids is 2. The first-order chi connectivity index (χ1) is 17.2. The van der Waals surface area contributed by atoms with Crippen LogP contribution in [0.1, 0.15) is 57.5 Å². The number of nitrogens with zero attached hydrogens (tertiary/aromatic N) is 1. The monoisotopic (exact) mass is 505 g/mol. The summed E-state index contributed by atoms with van der Waals surface area (Å²) in [5.74, 6) is -0.523. The highest BCUT2D eigenvalue weighted by Gasteiger charge is 2.22. The van der Waals surface area contributed by atoms with Crippen LogP contribution in [0.2, 0.25) is 0 Å². The molecule has 188 valence electrons. The number of hydrogen-bond acceptors (Lipinski definition) is 4. The zero-order valence-electron chi connectivity index (χ0n) is 20.6. The Kier molecular flexibility index (Phi) is 7.74. The molecule has 0 bridgehead atoms. The van der Waals surface area contributed by atoms with Gasteiger partial charge >= 0.3 is 0 Å². The van der Waals surface area contributed by atoms with Gasteiger partial charge in [-0.3, -0.25) is 14.3 Å². The van der Waals surface area contributed by atoms with E-state index in [1.54, 1.807) is 67.6 Å². The number of nitrogens with one attached hydrogen (secondary N) is 2. The van der Waals surface area contributed by atoms with Crippen LogP contribution in [0.5, 0.6) is 0 Å². The molecule has 0 saturated carbocycles. The average Bonchev–Trinajstić information content (AvgIpc) is 3.15. The van der Waals surface area contributed by atoms with Gasteiger partial charge in [-0.2, -0.15) is 0 Å². The second-order valence-corrected chi connectivity index (χ2v) is 10.8. The predicted molar refractivity (Wildman–Crippen MR) is 142 cm³/mol. The number of rotatable bonds is 6. The van der Waals surface area contributed by atoms with Crippen molar-refractivity contribution in [2.24, 2.45) is 0 Å². The predicted octanol–water partition coefficient (Wildman–Crippen LogP) is 5.37. The maximum absolute atomic E-state index is 13.2. The molecule has 1 saturated heterocycles. The van der Waals surface area contributed by atoms with Gasteiger partial charge in [0.25, 0.3) is 21.8 Å². The van der Waals surface area contributed by atoms with Crippen molar-refractivity contribution in [2.45, 2.75) is 44.4 Å². The minimum Gasteiger partial charge on any atom is -0.339 e. The van der Waals surface area contributed by atoms with Gasteiger partial charge in [-0.05, 0) is 68.7 Å². The van der Waals surface area contributed by atoms with E-state index in [9.17, 15) is 18.0 Å². The summed E-state index contributed by atoms with van der Waals surface area (Å²) in [4.78, 5) is 28.3. The smallest absolute Gasteiger partial charge is 0.261 e. The number of sulfonamides is 1. The first kappa shape index (κ1) is 25.4. The fourth-order valence-corrected chi connectivity index (χ4v) is 5.33. The molecule has 1 aliphatic heterocycles. The highest BCUT2D eigenvalue weighted by molar-refractivity contribution is 7.92. The van der Waals surface area contributed by atoms with Crippen LogP contribution in [-0.2, 0) is 10.0 Å². The maximum atomic E-state index is 13.2. The number of anilines is 2. The molecule has 1 heterocycles. The first-order valence-corrected chi connectivity index (χ1v) is 13.6. The van der Waals surface area contributed by atoms with Crippen molar-refractivity contribution in [1.29, 1.82) is 0 Å². The van der Waals surface area contributed by atoms with Gasteiger partial charge in [0.05, 0.1) is 21.8 Å². The number of amides is 2. The molecule has 1 aliphatic rings. The second kappa shape index (κ2) is 11.0. The standard InChI is InChI=1S/C28H31N3O4S/c1-20-11-15-23(16-12-20)36(34,35)30-26-19-22(14-13-21(26)2)27(32)29-25-10-6-5-9-24(25)28(33)31-17-7-3-4-8-18-31/h5-6,9-16,19,30H,3-4,7-8,17-18H2,1-2H3,(H,29,32). The van der Waals surface area contributed by atoms with E-state index in [1.165, 1.54) is 6.07 Å². The third kappa shape index (κ3) is 5.94. The normalized spacial score (nSPS) is 14.1. The molecule has 0 aromatic heterocycles. The van der Waals surface area contributed by atoms with E-state index in [4.69, 9.17) is 0 Å². The highest BCUT2D eigenvalue weighted by Crippen LogP contribution is 2.24. The molecule has 3 aromatic rings. The lowest BCUT2D eigenvalue weighted by Gasteiger charge is -2.22. The van der Waals surface area contributed by atoms with E-state index in [-0.39, 0.29) is 16.4 Å². The van der Waals surface area contributed by atoms with Crippen LogP contribution in [0.3, 0.4) is 0 Å². The Balaban J connectivity index is 1.55. The van der Waals surface area contributed by atoms with Crippen LogP contribution in [0, 0.1) is 13.8 Å². The van der Waals surface area contributed by atoms with Gasteiger partial charge in [0.1, 0.15) is 0 Å². The van der Waals surface area contributed by atoms with Crippen molar-refractivity contribution >= 4 is 33.2 Å². The number of para-hydroxylation sites is 1. The Bertz CT molecular complexity index is 1360. The number of likely N-dealkylation sites (tertiary alicyclic amines) is 1. The molecule has 1 fully saturated rings. The van der Waals surface area contributed by atoms with Crippen LogP contribution in [0.15, 0.2) is 71.6 Å². The van der Waals surface area contributed by atoms with Gasteiger partial charge in [0, 0.05) is 18.7 Å². The quantitative estimate of drug-likeness (QED) is 0.471. The first-order valence-electron chi connectivity index (χ1n) is 12.1. The lowest BCUT2D eigenvalue weighted by atomic mass is 10.1. The van der Waals surface area contributed by atoms with Crippen molar-refractivity contribution in [3.63, 3.8) is 0 Å². The van der Waals surface area contributed by atoms with Crippen LogP contribution in [-0.4, -0.2) is 38.2 Å². The lowest BCUT2D eigenvalue weighted by molar-refractivity contribution is 0.0762. The van der Waals surface area contributed by atoms with Crippen molar-refractivity contribution in [1.82, 2.24) is 4.90 Å². The van der Waals surface area contributed by atoms with E-state index >= 15 is 0 Å². The molecule has 4 rings (SSSR count). The summed E-state index contributed by atoms with van der Waals surface area (Å²) in [5.41, 5.74) is 3.10. The van der Waals surface area contributed by atoms with E-state index in [0.717, 1.165) is 31.2 Å². The maximum Gasteiger partial charge on any atom is 0.261 e. The van der Waals surface area contributed by atoms with Crippen LogP contribution < -0.4 is 10.0 Å². The molecule has 2 N–H and O–H groups in total. The summed E-state index contributed by atoms with van der Waals surface area (Å²) in [6, 6.07) is 18.4. The molecule has 0 atom stereocenters. The largest absolute Gasteiger partial charge is 0.339 e. The van der Waals surface area contributed by atoms with E-state index in [0.29, 0.717) is 35.6 Å². The Hall–Kier alpha value is -3.65. The molecule has 36 heavy (non-hydrogen) atoms. The van der Waals surface area contributed by atoms with Crippen molar-refractivity contribution in [3.05, 3.63) is 89.0 Å². The minimum atomic E-state index is -3.82. The summed E-state index contributed by atoms with van der Waals surface area (Å²) in [6.07, 6.45) is 4.19. The van der Waals surface area contributed by atoms with Gasteiger partial charge in [0.2, 0.25) is 0 Å². The number of carbonyl (C=O) groups is 2. The number of hydrogen-bond donors (Lipinski definition) is 2. The Morgan fingerprint density at radius 2 is 1.47 bits per heavy atom. The summed E-state index contributed by atoms with van der Waals surface area (Å²) in [5, 5.41) is 2.85. The van der Waals surface area contributed by atoms with Crippen LogP contribution in [0.4, 0.5) is 11.4 Å². The van der Waals surface area contributed by atoms with E-state index in [2.05, 4.69) is 10.0 Å². The van der Waals surface area contributed by atoms with Crippen LogP contribution in [0.25, 0.3) is 0 Å². The Morgan fingerprint density at radius 1 is 0.806 bits per heavy atom. The molecule has 8 heteroatoms. The summed E-state index contributed by atoms with van der Waals surface area (Å²) in [6.45, 7) is 5.08. The third-order valence-corrected chi connectivity index (χ3v) is 7.76. The molecule has 3 aromatic carbocycles. The van der Waals surface area contributed by atoms with E-state index < -0.39 is 15.9 Å². The van der Waals surface area contributed by atoms with Crippen molar-refractivity contribution < 1.29 is 18.0 Å².